The smallest absolute Gasteiger partial charge is 0.303 e. The highest BCUT2D eigenvalue weighted by molar-refractivity contribution is 5.66. The third-order valence-corrected chi connectivity index (χ3v) is 2.33. The zero-order chi connectivity index (χ0) is 11.8. The normalized spacial score (nSPS) is 10.6. The first kappa shape index (κ1) is 12.6. The van der Waals surface area contributed by atoms with Crippen LogP contribution in [0.4, 0.5) is 0 Å². The van der Waals surface area contributed by atoms with Crippen molar-refractivity contribution in [3.63, 3.8) is 0 Å². The van der Waals surface area contributed by atoms with Crippen LogP contribution in [0.2, 0.25) is 0 Å². The SMILES string of the molecule is Cn1cnnc1CNCCCCCC(=O)O. The van der Waals surface area contributed by atoms with Crippen molar-refractivity contribution in [1.29, 1.82) is 0 Å². The van der Waals surface area contributed by atoms with E-state index in [1.165, 1.54) is 0 Å². The summed E-state index contributed by atoms with van der Waals surface area (Å²) in [5, 5.41) is 19.4. The molecule has 2 N–H and O–H groups in total. The molecule has 1 rings (SSSR count). The maximum absolute atomic E-state index is 10.2. The van der Waals surface area contributed by atoms with Crippen LogP contribution in [0.25, 0.3) is 0 Å². The fourth-order valence-corrected chi connectivity index (χ4v) is 1.37. The van der Waals surface area contributed by atoms with Gasteiger partial charge in [-0.25, -0.2) is 0 Å². The Morgan fingerprint density at radius 1 is 1.50 bits per heavy atom. The first-order valence-electron chi connectivity index (χ1n) is 5.45. The monoisotopic (exact) mass is 226 g/mol. The average molecular weight is 226 g/mol. The van der Waals surface area contributed by atoms with E-state index in [4.69, 9.17) is 5.11 Å². The second kappa shape index (κ2) is 6.95. The van der Waals surface area contributed by atoms with Gasteiger partial charge in [-0.05, 0) is 19.4 Å². The first-order chi connectivity index (χ1) is 7.70. The van der Waals surface area contributed by atoms with Crippen LogP contribution >= 0.6 is 0 Å². The van der Waals surface area contributed by atoms with Gasteiger partial charge in [0, 0.05) is 13.5 Å². The summed E-state index contributed by atoms with van der Waals surface area (Å²) in [6.45, 7) is 1.59. The zero-order valence-electron chi connectivity index (χ0n) is 9.52. The van der Waals surface area contributed by atoms with Gasteiger partial charge in [0.05, 0.1) is 6.54 Å². The molecule has 0 aliphatic heterocycles. The molecule has 1 aromatic heterocycles. The molecule has 0 radical (unpaired) electrons. The van der Waals surface area contributed by atoms with Gasteiger partial charge in [-0.1, -0.05) is 6.42 Å². The molecule has 0 amide bonds. The second-order valence-corrected chi connectivity index (χ2v) is 3.74. The molecule has 1 heterocycles. The van der Waals surface area contributed by atoms with E-state index >= 15 is 0 Å². The molecule has 0 fully saturated rings. The Hall–Kier alpha value is -1.43. The van der Waals surface area contributed by atoms with E-state index < -0.39 is 5.97 Å². The van der Waals surface area contributed by atoms with Gasteiger partial charge in [-0.15, -0.1) is 10.2 Å². The Bertz CT molecular complexity index is 324. The molecule has 0 aliphatic carbocycles. The summed E-state index contributed by atoms with van der Waals surface area (Å²) in [6.07, 6.45) is 4.62. The van der Waals surface area contributed by atoms with Crippen molar-refractivity contribution in [2.24, 2.45) is 7.05 Å². The summed E-state index contributed by atoms with van der Waals surface area (Å²) < 4.78 is 1.87. The molecule has 0 saturated heterocycles. The fraction of sp³-hybridized carbons (Fsp3) is 0.700. The van der Waals surface area contributed by atoms with E-state index in [0.29, 0.717) is 6.54 Å². The topological polar surface area (TPSA) is 80.0 Å². The van der Waals surface area contributed by atoms with Crippen LogP contribution in [0.3, 0.4) is 0 Å². The second-order valence-electron chi connectivity index (χ2n) is 3.74. The van der Waals surface area contributed by atoms with Gasteiger partial charge < -0.3 is 15.0 Å². The predicted octanol–water partition coefficient (Wildman–Crippen LogP) is 0.550. The lowest BCUT2D eigenvalue weighted by atomic mass is 10.2. The van der Waals surface area contributed by atoms with Gasteiger partial charge in [-0.3, -0.25) is 4.79 Å². The zero-order valence-corrected chi connectivity index (χ0v) is 9.52. The number of hydrogen-bond acceptors (Lipinski definition) is 4. The number of nitrogens with zero attached hydrogens (tertiary/aromatic N) is 3. The maximum Gasteiger partial charge on any atom is 0.303 e. The van der Waals surface area contributed by atoms with Crippen LogP contribution < -0.4 is 5.32 Å². The van der Waals surface area contributed by atoms with E-state index in [-0.39, 0.29) is 6.42 Å². The van der Waals surface area contributed by atoms with Gasteiger partial charge in [0.15, 0.2) is 0 Å². The number of carbonyl (C=O) groups is 1. The van der Waals surface area contributed by atoms with Crippen molar-refractivity contribution >= 4 is 5.97 Å². The van der Waals surface area contributed by atoms with E-state index in [0.717, 1.165) is 31.6 Å². The quantitative estimate of drug-likeness (QED) is 0.633. The Labute approximate surface area is 94.7 Å². The summed E-state index contributed by atoms with van der Waals surface area (Å²) in [5.41, 5.74) is 0. The van der Waals surface area contributed by atoms with Crippen molar-refractivity contribution in [3.8, 4) is 0 Å². The molecule has 0 unspecified atom stereocenters. The predicted molar refractivity (Wildman–Crippen MR) is 58.8 cm³/mol. The fourth-order valence-electron chi connectivity index (χ4n) is 1.37. The lowest BCUT2D eigenvalue weighted by molar-refractivity contribution is -0.137. The third kappa shape index (κ3) is 4.88. The van der Waals surface area contributed by atoms with Gasteiger partial charge in [-0.2, -0.15) is 0 Å². The molecule has 1 aromatic rings. The lowest BCUT2D eigenvalue weighted by Crippen LogP contribution is -2.17. The first-order valence-corrected chi connectivity index (χ1v) is 5.45. The lowest BCUT2D eigenvalue weighted by Gasteiger charge is -2.03. The minimum atomic E-state index is -0.716. The summed E-state index contributed by atoms with van der Waals surface area (Å²) in [5.74, 6) is 0.192. The van der Waals surface area contributed by atoms with Crippen molar-refractivity contribution in [1.82, 2.24) is 20.1 Å². The molecule has 6 heteroatoms. The summed E-state index contributed by atoms with van der Waals surface area (Å²) in [4.78, 5) is 10.2. The summed E-state index contributed by atoms with van der Waals surface area (Å²) >= 11 is 0. The molecule has 0 aromatic carbocycles. The molecule has 0 atom stereocenters. The van der Waals surface area contributed by atoms with Gasteiger partial charge in [0.2, 0.25) is 0 Å². The van der Waals surface area contributed by atoms with E-state index in [1.807, 2.05) is 11.6 Å². The Balaban J connectivity index is 1.96. The number of unbranched alkanes of at least 4 members (excludes halogenated alkanes) is 2. The van der Waals surface area contributed by atoms with Crippen LogP contribution in [-0.4, -0.2) is 32.4 Å². The molecular formula is C10H18N4O2. The Kier molecular flexibility index (Phi) is 5.49. The number of aromatic nitrogens is 3. The number of nitrogens with one attached hydrogen (secondary N) is 1. The summed E-state index contributed by atoms with van der Waals surface area (Å²) in [7, 11) is 1.91. The molecule has 0 saturated carbocycles. The van der Waals surface area contributed by atoms with Crippen molar-refractivity contribution in [3.05, 3.63) is 12.2 Å². The van der Waals surface area contributed by atoms with Gasteiger partial charge in [0.1, 0.15) is 12.2 Å². The maximum atomic E-state index is 10.2. The molecule has 0 bridgehead atoms. The van der Waals surface area contributed by atoms with Crippen LogP contribution in [-0.2, 0) is 18.4 Å². The molecule has 6 nitrogen and oxygen atoms in total. The third-order valence-electron chi connectivity index (χ3n) is 2.33. The number of rotatable bonds is 8. The van der Waals surface area contributed by atoms with E-state index in [1.54, 1.807) is 6.33 Å². The van der Waals surface area contributed by atoms with E-state index in [2.05, 4.69) is 15.5 Å². The van der Waals surface area contributed by atoms with Crippen LogP contribution in [0, 0.1) is 0 Å². The molecule has 0 aliphatic rings. The van der Waals surface area contributed by atoms with Crippen molar-refractivity contribution < 1.29 is 9.90 Å². The molecule has 16 heavy (non-hydrogen) atoms. The number of aliphatic carboxylic acids is 1. The minimum Gasteiger partial charge on any atom is -0.481 e. The molecular weight excluding hydrogens is 208 g/mol. The van der Waals surface area contributed by atoms with Crippen LogP contribution in [0.5, 0.6) is 0 Å². The van der Waals surface area contributed by atoms with Crippen molar-refractivity contribution in [2.45, 2.75) is 32.2 Å². The highest BCUT2D eigenvalue weighted by atomic mass is 16.4. The number of carboxylic acid groups (broad SMARTS) is 1. The molecule has 90 valence electrons. The minimum absolute atomic E-state index is 0.267. The highest BCUT2D eigenvalue weighted by Crippen LogP contribution is 1.99. The number of hydrogen-bond donors (Lipinski definition) is 2. The van der Waals surface area contributed by atoms with Crippen LogP contribution in [0.15, 0.2) is 6.33 Å². The standard InChI is InChI=1S/C10H18N4O2/c1-14-8-12-13-9(14)7-11-6-4-2-3-5-10(15)16/h8,11H,2-7H2,1H3,(H,15,16). The van der Waals surface area contributed by atoms with Gasteiger partial charge >= 0.3 is 5.97 Å². The van der Waals surface area contributed by atoms with E-state index in [9.17, 15) is 4.79 Å². The number of aryl methyl sites for hydroxylation is 1. The Morgan fingerprint density at radius 3 is 2.94 bits per heavy atom. The number of carboxylic acids is 1. The largest absolute Gasteiger partial charge is 0.481 e. The Morgan fingerprint density at radius 2 is 2.31 bits per heavy atom. The molecule has 0 spiro atoms. The highest BCUT2D eigenvalue weighted by Gasteiger charge is 1.99. The van der Waals surface area contributed by atoms with Crippen molar-refractivity contribution in [2.75, 3.05) is 6.54 Å². The average Bonchev–Trinajstić information content (AvgIpc) is 2.62. The van der Waals surface area contributed by atoms with Crippen LogP contribution in [0.1, 0.15) is 31.5 Å². The summed E-state index contributed by atoms with van der Waals surface area (Å²) in [6, 6.07) is 0. The van der Waals surface area contributed by atoms with Gasteiger partial charge in [0.25, 0.3) is 0 Å².